The number of aromatic nitrogens is 3. The molecular weight excluding hydrogens is 643 g/mol. The van der Waals surface area contributed by atoms with Gasteiger partial charge in [-0.05, 0) is 61.6 Å². The Morgan fingerprint density at radius 3 is 2.18 bits per heavy atom. The van der Waals surface area contributed by atoms with Crippen LogP contribution in [0.4, 0.5) is 0 Å². The second-order valence-electron chi connectivity index (χ2n) is 10.4. The molecule has 3 heterocycles. The van der Waals surface area contributed by atoms with Gasteiger partial charge in [0.25, 0.3) is 0 Å². The molecule has 3 aromatic carbocycles. The number of pyridine rings is 1. The van der Waals surface area contributed by atoms with Crippen LogP contribution in [0.15, 0.2) is 96.7 Å². The van der Waals surface area contributed by atoms with Gasteiger partial charge in [-0.1, -0.05) is 43.2 Å². The quantitative estimate of drug-likeness (QED) is 0.180. The van der Waals surface area contributed by atoms with Crippen molar-refractivity contribution < 1.29 is 20.1 Å². The number of nitrogens with zero attached hydrogens (tertiary/aromatic N) is 3. The van der Waals surface area contributed by atoms with Crippen LogP contribution in [-0.2, 0) is 25.6 Å². The maximum atomic E-state index is 5.01. The Balaban J connectivity index is 0.000000191. The van der Waals surface area contributed by atoms with E-state index in [0.29, 0.717) is 5.92 Å². The molecule has 0 amide bonds. The van der Waals surface area contributed by atoms with Gasteiger partial charge in [0, 0.05) is 26.3 Å². The monoisotopic (exact) mass is 674 g/mol. The van der Waals surface area contributed by atoms with Crippen molar-refractivity contribution >= 4 is 17.1 Å². The molecular formula is C34H31IrN3-2. The van der Waals surface area contributed by atoms with E-state index in [1.54, 1.807) is 11.8 Å². The van der Waals surface area contributed by atoms with E-state index < -0.39 is 0 Å². The first-order chi connectivity index (χ1) is 18.1. The van der Waals surface area contributed by atoms with Gasteiger partial charge in [-0.3, -0.25) is 4.98 Å². The van der Waals surface area contributed by atoms with Crippen LogP contribution in [0, 0.1) is 18.1 Å². The van der Waals surface area contributed by atoms with E-state index in [0.717, 1.165) is 28.2 Å². The number of benzene rings is 3. The van der Waals surface area contributed by atoms with Crippen molar-refractivity contribution in [3.63, 3.8) is 0 Å². The topological polar surface area (TPSA) is 30.7 Å². The minimum absolute atomic E-state index is 0. The summed E-state index contributed by atoms with van der Waals surface area (Å²) >= 11 is 0. The smallest absolute Gasteiger partial charge is 0.0777 e. The molecule has 1 radical (unpaired) electrons. The molecule has 5 aromatic rings. The molecule has 1 fully saturated rings. The normalized spacial score (nSPS) is 15.8. The number of para-hydroxylation sites is 1. The molecule has 4 heteroatoms. The van der Waals surface area contributed by atoms with Gasteiger partial charge in [-0.2, -0.15) is 0 Å². The van der Waals surface area contributed by atoms with Gasteiger partial charge >= 0.3 is 0 Å². The Morgan fingerprint density at radius 1 is 0.816 bits per heavy atom. The average molecular weight is 674 g/mol. The maximum Gasteiger partial charge on any atom is 0.0777 e. The Morgan fingerprint density at radius 2 is 1.53 bits per heavy atom. The largest absolute Gasteiger partial charge is 0.355 e. The fourth-order valence-electron chi connectivity index (χ4n) is 5.93. The van der Waals surface area contributed by atoms with Crippen LogP contribution in [0.25, 0.3) is 39.8 Å². The van der Waals surface area contributed by atoms with E-state index in [1.165, 1.54) is 36.8 Å². The fourth-order valence-corrected chi connectivity index (χ4v) is 5.93. The van der Waals surface area contributed by atoms with E-state index >= 15 is 0 Å². The number of hydrogen-bond donors (Lipinski definition) is 0. The summed E-state index contributed by atoms with van der Waals surface area (Å²) < 4.78 is 2.47. The zero-order valence-electron chi connectivity index (χ0n) is 21.8. The van der Waals surface area contributed by atoms with Gasteiger partial charge in [-0.15, -0.1) is 71.8 Å². The first-order valence-electron chi connectivity index (χ1n) is 13.2. The van der Waals surface area contributed by atoms with E-state index in [4.69, 9.17) is 4.98 Å². The van der Waals surface area contributed by atoms with Crippen molar-refractivity contribution in [2.24, 2.45) is 5.92 Å². The standard InChI is InChI=1S/C23H23N2.C11H8N.Ir/c1-23(2)19(16-9-6-7-10-16)15-18-13-8-14-20-21(18)25(23)22(24-20)17-11-4-3-5-12-17;1-2-6-10(7-3-1)11-8-4-5-9-12-11;/h3-5,8,11,13-16H,6-7,9-10H2,1-2H3;1-6,8-9H;/q2*-1;. The van der Waals surface area contributed by atoms with Crippen molar-refractivity contribution in [3.8, 4) is 22.6 Å². The summed E-state index contributed by atoms with van der Waals surface area (Å²) in [4.78, 5) is 9.23. The van der Waals surface area contributed by atoms with Crippen molar-refractivity contribution in [2.45, 2.75) is 45.1 Å². The number of imidazole rings is 1. The third kappa shape index (κ3) is 4.91. The van der Waals surface area contributed by atoms with Crippen LogP contribution in [-0.4, -0.2) is 14.5 Å². The molecule has 0 saturated heterocycles. The summed E-state index contributed by atoms with van der Waals surface area (Å²) in [5.41, 5.74) is 8.26. The van der Waals surface area contributed by atoms with Crippen molar-refractivity contribution in [1.82, 2.24) is 14.5 Å². The molecule has 0 N–H and O–H groups in total. The molecule has 3 nitrogen and oxygen atoms in total. The summed E-state index contributed by atoms with van der Waals surface area (Å²) in [5, 5.41) is 0. The van der Waals surface area contributed by atoms with Crippen LogP contribution in [0.5, 0.6) is 0 Å². The summed E-state index contributed by atoms with van der Waals surface area (Å²) in [7, 11) is 0. The van der Waals surface area contributed by atoms with Gasteiger partial charge in [0.05, 0.1) is 22.4 Å². The molecule has 1 saturated carbocycles. The third-order valence-corrected chi connectivity index (χ3v) is 7.68. The van der Waals surface area contributed by atoms with Gasteiger partial charge in [-0.25, -0.2) is 0 Å². The second-order valence-corrected chi connectivity index (χ2v) is 10.4. The molecule has 0 atom stereocenters. The minimum Gasteiger partial charge on any atom is -0.355 e. The minimum atomic E-state index is -0.0584. The number of allylic oxidation sites excluding steroid dienone is 1. The summed E-state index contributed by atoms with van der Waals surface area (Å²) in [5.74, 6) is 1.74. The van der Waals surface area contributed by atoms with Crippen LogP contribution in [0.2, 0.25) is 0 Å². The Bertz CT molecular complexity index is 1490. The van der Waals surface area contributed by atoms with E-state index in [2.05, 4.69) is 71.9 Å². The fraction of sp³-hybridized carbons (Fsp3) is 0.235. The van der Waals surface area contributed by atoms with E-state index in [1.807, 2.05) is 54.6 Å². The SMILES string of the molecule is CC1(C)C(C2CCCC2)=Cc2cccc3nc(-c4[c-]cccc4)n1c23.[Ir].[c-]1ccccc1-c1ccccn1. The van der Waals surface area contributed by atoms with Gasteiger partial charge in [0.2, 0.25) is 0 Å². The Kier molecular flexibility index (Phi) is 7.74. The predicted octanol–water partition coefficient (Wildman–Crippen LogP) is 8.37. The van der Waals surface area contributed by atoms with Gasteiger partial charge < -0.3 is 9.55 Å². The zero-order valence-corrected chi connectivity index (χ0v) is 24.2. The molecule has 1 aliphatic carbocycles. The molecule has 193 valence electrons. The molecule has 0 unspecified atom stereocenters. The average Bonchev–Trinajstić information content (AvgIpc) is 3.62. The van der Waals surface area contributed by atoms with Crippen LogP contribution in [0.3, 0.4) is 0 Å². The Hall–Kier alpha value is -3.33. The van der Waals surface area contributed by atoms with E-state index in [-0.39, 0.29) is 25.6 Å². The molecule has 1 aliphatic heterocycles. The molecule has 2 aromatic heterocycles. The first kappa shape index (κ1) is 26.3. The Labute approximate surface area is 239 Å². The van der Waals surface area contributed by atoms with Crippen LogP contribution in [0.1, 0.15) is 45.1 Å². The van der Waals surface area contributed by atoms with Crippen molar-refractivity contribution in [2.75, 3.05) is 0 Å². The zero-order chi connectivity index (χ0) is 25.2. The van der Waals surface area contributed by atoms with Crippen molar-refractivity contribution in [3.05, 3.63) is 114 Å². The summed E-state index contributed by atoms with van der Waals surface area (Å²) in [6.45, 7) is 4.72. The summed E-state index contributed by atoms with van der Waals surface area (Å²) in [6, 6.07) is 34.9. The molecule has 2 aliphatic rings. The molecule has 0 spiro atoms. The van der Waals surface area contributed by atoms with Crippen LogP contribution < -0.4 is 0 Å². The second kappa shape index (κ2) is 11.2. The first-order valence-corrected chi connectivity index (χ1v) is 13.2. The molecule has 0 bridgehead atoms. The molecule has 7 rings (SSSR count). The van der Waals surface area contributed by atoms with E-state index in [9.17, 15) is 0 Å². The van der Waals surface area contributed by atoms with Crippen LogP contribution >= 0.6 is 0 Å². The third-order valence-electron chi connectivity index (χ3n) is 7.68. The van der Waals surface area contributed by atoms with Gasteiger partial charge in [0.15, 0.2) is 0 Å². The van der Waals surface area contributed by atoms with Gasteiger partial charge in [0.1, 0.15) is 0 Å². The number of rotatable bonds is 3. The number of hydrogen-bond acceptors (Lipinski definition) is 2. The maximum absolute atomic E-state index is 5.01. The molecule has 38 heavy (non-hydrogen) atoms. The van der Waals surface area contributed by atoms with Crippen molar-refractivity contribution in [1.29, 1.82) is 0 Å². The summed E-state index contributed by atoms with van der Waals surface area (Å²) in [6.07, 6.45) is 9.61. The predicted molar refractivity (Wildman–Crippen MR) is 152 cm³/mol.